The third-order valence-corrected chi connectivity index (χ3v) is 16.8. The van der Waals surface area contributed by atoms with Crippen LogP contribution in [0, 0.1) is 6.92 Å². The molecule has 7 heteroatoms. The van der Waals surface area contributed by atoms with Gasteiger partial charge in [-0.2, -0.15) is 0 Å². The quantitative estimate of drug-likeness (QED) is 0.174. The summed E-state index contributed by atoms with van der Waals surface area (Å²) in [5, 5.41) is 0.109. The van der Waals surface area contributed by atoms with Crippen LogP contribution in [0.5, 0.6) is 5.75 Å². The van der Waals surface area contributed by atoms with Crippen molar-refractivity contribution >= 4 is 42.5 Å². The van der Waals surface area contributed by atoms with Crippen LogP contribution in [-0.4, -0.2) is 47.7 Å². The molecule has 0 fully saturated rings. The second-order valence-corrected chi connectivity index (χ2v) is 20.6. The molecular weight excluding hydrogens is 615 g/mol. The summed E-state index contributed by atoms with van der Waals surface area (Å²) < 4.78 is 27.0. The molecule has 4 aromatic carbocycles. The van der Waals surface area contributed by atoms with Crippen LogP contribution < -0.4 is 13.7 Å². The van der Waals surface area contributed by atoms with E-state index in [-0.39, 0.29) is 17.2 Å². The van der Waals surface area contributed by atoms with E-state index < -0.39 is 22.0 Å². The first kappa shape index (κ1) is 31.1. The van der Waals surface area contributed by atoms with Crippen LogP contribution in [0.3, 0.4) is 0 Å². The van der Waals surface area contributed by atoms with Crippen molar-refractivity contribution in [2.75, 3.05) is 13.7 Å². The fraction of sp³-hybridized carbons (Fsp3) is 0.306. The molecule has 0 saturated heterocycles. The topological polar surface area (TPSA) is 52.4 Å². The summed E-state index contributed by atoms with van der Waals surface area (Å²) in [6.45, 7) is 14.0. The Kier molecular flexibility index (Phi) is 9.47. The van der Waals surface area contributed by atoms with Crippen LogP contribution in [-0.2, 0) is 9.16 Å². The van der Waals surface area contributed by atoms with Gasteiger partial charge in [0.1, 0.15) is 0 Å². The molecule has 0 spiro atoms. The predicted octanol–water partition coefficient (Wildman–Crippen LogP) is 7.62. The van der Waals surface area contributed by atoms with Gasteiger partial charge < -0.3 is 0 Å². The molecule has 224 valence electrons. The molecule has 5 rings (SSSR count). The number of rotatable bonds is 9. The second-order valence-electron chi connectivity index (χ2n) is 12.4. The molecule has 43 heavy (non-hydrogen) atoms. The van der Waals surface area contributed by atoms with Crippen LogP contribution in [0.4, 0.5) is 5.69 Å². The van der Waals surface area contributed by atoms with Crippen LogP contribution in [0.2, 0.25) is 18.1 Å². The molecule has 1 aliphatic heterocycles. The van der Waals surface area contributed by atoms with Crippen molar-refractivity contribution < 1.29 is 13.9 Å². The summed E-state index contributed by atoms with van der Waals surface area (Å²) in [5.41, 5.74) is 4.24. The first-order chi connectivity index (χ1) is 20.6. The summed E-state index contributed by atoms with van der Waals surface area (Å²) in [7, 11) is -0.259. The zero-order valence-corrected chi connectivity index (χ0v) is 28.9. The number of hydrogen-bond acceptors (Lipinski definition) is 5. The average Bonchev–Trinajstić information content (AvgIpc) is 3.44. The molecular formula is C36H42N2O3SeSi. The molecule has 0 radical (unpaired) electrons. The summed E-state index contributed by atoms with van der Waals surface area (Å²) in [6, 6.07) is 35.3. The Bertz CT molecular complexity index is 1610. The van der Waals surface area contributed by atoms with E-state index in [2.05, 4.69) is 126 Å². The first-order valence-electron chi connectivity index (χ1n) is 14.8. The number of nitrogens with zero attached hydrogens (tertiary/aromatic N) is 2. The van der Waals surface area contributed by atoms with Gasteiger partial charge >= 0.3 is 263 Å². The number of aryl methyl sites for hydroxylation is 1. The summed E-state index contributed by atoms with van der Waals surface area (Å²) in [6.07, 6.45) is -0.229. The van der Waals surface area contributed by atoms with E-state index in [4.69, 9.17) is 22.9 Å². The molecule has 3 atom stereocenters. The average molecular weight is 658 g/mol. The van der Waals surface area contributed by atoms with Crippen molar-refractivity contribution in [3.63, 3.8) is 0 Å². The van der Waals surface area contributed by atoms with E-state index in [1.165, 1.54) is 5.56 Å². The molecule has 0 amide bonds. The zero-order valence-electron chi connectivity index (χ0n) is 26.2. The van der Waals surface area contributed by atoms with E-state index in [0.29, 0.717) is 12.5 Å². The maximum absolute atomic E-state index is 6.78. The fourth-order valence-electron chi connectivity index (χ4n) is 4.67. The molecule has 4 aromatic rings. The van der Waals surface area contributed by atoms with Gasteiger partial charge in [0.2, 0.25) is 0 Å². The number of para-hydroxylation sites is 1. The molecule has 1 aliphatic rings. The third kappa shape index (κ3) is 7.08. The minimum absolute atomic E-state index is 0.109. The number of benzene rings is 4. The van der Waals surface area contributed by atoms with Crippen molar-refractivity contribution in [2.45, 2.75) is 58.0 Å². The predicted molar refractivity (Wildman–Crippen MR) is 181 cm³/mol. The third-order valence-electron chi connectivity index (χ3n) is 8.25. The normalized spacial score (nSPS) is 17.8. The molecule has 0 N–H and O–H groups in total. The number of ether oxygens (including phenoxy) is 2. The Morgan fingerprint density at radius 1 is 0.837 bits per heavy atom. The Morgan fingerprint density at radius 3 is 2.14 bits per heavy atom. The summed E-state index contributed by atoms with van der Waals surface area (Å²) >= 11 is -2.02. The number of aliphatic imine (C=N–C) groups is 1. The van der Waals surface area contributed by atoms with Gasteiger partial charge in [-0.05, 0) is 0 Å². The van der Waals surface area contributed by atoms with E-state index in [9.17, 15) is 0 Å². The van der Waals surface area contributed by atoms with E-state index >= 15 is 0 Å². The van der Waals surface area contributed by atoms with Gasteiger partial charge in [-0.15, -0.1) is 0 Å². The number of hydrogen-bond donors (Lipinski definition) is 0. The maximum atomic E-state index is 6.78. The Labute approximate surface area is 261 Å². The van der Waals surface area contributed by atoms with Gasteiger partial charge in [-0.1, -0.05) is 0 Å². The molecule has 0 aromatic heterocycles. The Morgan fingerprint density at radius 2 is 1.47 bits per heavy atom. The Hall–Kier alpha value is -3.35. The SMILES string of the molecule is COc1ccccc1[Se](=Nc1ccc(C)cc1)c1ccccc1C1=N[C@@H](CO[Si](C)(C)C(C)(C)C)[C@H](c2ccccc2)O1. The van der Waals surface area contributed by atoms with Crippen molar-refractivity contribution in [2.24, 2.45) is 8.95 Å². The van der Waals surface area contributed by atoms with Gasteiger partial charge in [-0.3, -0.25) is 0 Å². The second kappa shape index (κ2) is 13.1. The van der Waals surface area contributed by atoms with Gasteiger partial charge in [0, 0.05) is 0 Å². The molecule has 1 unspecified atom stereocenters. The monoisotopic (exact) mass is 658 g/mol. The van der Waals surface area contributed by atoms with Crippen LogP contribution >= 0.6 is 0 Å². The van der Waals surface area contributed by atoms with E-state index in [1.54, 1.807) is 7.11 Å². The minimum atomic E-state index is -2.02. The van der Waals surface area contributed by atoms with Gasteiger partial charge in [0.05, 0.1) is 0 Å². The molecule has 1 heterocycles. The zero-order chi connectivity index (χ0) is 30.6. The molecule has 0 aliphatic carbocycles. The Balaban J connectivity index is 1.60. The summed E-state index contributed by atoms with van der Waals surface area (Å²) in [5.74, 6) is 1.49. The van der Waals surface area contributed by atoms with Gasteiger partial charge in [0.15, 0.2) is 0 Å². The molecule has 0 saturated carbocycles. The van der Waals surface area contributed by atoms with Gasteiger partial charge in [-0.25, -0.2) is 0 Å². The first-order valence-corrected chi connectivity index (χ1v) is 20.1. The molecule has 5 nitrogen and oxygen atoms in total. The van der Waals surface area contributed by atoms with Crippen LogP contribution in [0.1, 0.15) is 43.6 Å². The fourth-order valence-corrected chi connectivity index (χ4v) is 9.65. The van der Waals surface area contributed by atoms with Crippen LogP contribution in [0.15, 0.2) is 112 Å². The molecule has 0 bridgehead atoms. The van der Waals surface area contributed by atoms with E-state index in [1.807, 2.05) is 18.2 Å². The van der Waals surface area contributed by atoms with Crippen molar-refractivity contribution in [3.8, 4) is 5.75 Å². The standard InChI is InChI=1S/C36H42N2O3SeSi/c1-26-21-23-28(24-22-26)38-42(33-20-14-12-18-31(33)39-5)32-19-13-11-17-29(32)35-37-30(25-40-43(6,7)36(2,3)4)34(41-35)27-15-9-8-10-16-27/h8-24,30,34H,25H2,1-7H3/t30-,34-,42?/m0/s1. The summed E-state index contributed by atoms with van der Waals surface area (Å²) in [4.78, 5) is 5.24. The van der Waals surface area contributed by atoms with Gasteiger partial charge in [0.25, 0.3) is 0 Å². The van der Waals surface area contributed by atoms with Crippen molar-refractivity contribution in [3.05, 3.63) is 120 Å². The van der Waals surface area contributed by atoms with Crippen molar-refractivity contribution in [1.82, 2.24) is 0 Å². The van der Waals surface area contributed by atoms with Crippen molar-refractivity contribution in [1.29, 1.82) is 0 Å². The van der Waals surface area contributed by atoms with E-state index in [0.717, 1.165) is 31.5 Å². The van der Waals surface area contributed by atoms with Crippen LogP contribution in [0.25, 0.3) is 0 Å². The number of methoxy groups -OCH3 is 1.